The molecule has 2 aromatic carbocycles. The molecule has 0 amide bonds. The van der Waals surface area contributed by atoms with Crippen molar-refractivity contribution in [3.05, 3.63) is 58.6 Å². The van der Waals surface area contributed by atoms with Gasteiger partial charge in [-0.1, -0.05) is 48.9 Å². The molecule has 0 saturated heterocycles. The first-order chi connectivity index (χ1) is 22.6. The Hall–Kier alpha value is -4.76. The Morgan fingerprint density at radius 3 is 1.11 bits per heavy atom. The van der Waals surface area contributed by atoms with Crippen LogP contribution in [0, 0.1) is 0 Å². The van der Waals surface area contributed by atoms with Gasteiger partial charge in [0.1, 0.15) is 0 Å². The second kappa shape index (κ2) is 22.7. The molecule has 0 spiro atoms. The first-order valence-corrected chi connectivity index (χ1v) is 16.1. The van der Waals surface area contributed by atoms with Crippen molar-refractivity contribution >= 4 is 70.3 Å². The lowest BCUT2D eigenvalue weighted by Crippen LogP contribution is -2.41. The number of unbranched alkanes of at least 4 members (excludes halogenated alkanes) is 6. The van der Waals surface area contributed by atoms with E-state index >= 15 is 0 Å². The van der Waals surface area contributed by atoms with Crippen LogP contribution in [0.4, 0.5) is 11.4 Å². The Bertz CT molecular complexity index is 1280. The maximum atomic E-state index is 5.91. The number of benzene rings is 2. The van der Waals surface area contributed by atoms with Crippen molar-refractivity contribution < 1.29 is 0 Å². The lowest BCUT2D eigenvalue weighted by Gasteiger charge is -2.05. The molecule has 0 radical (unpaired) electrons. The van der Waals surface area contributed by atoms with Crippen molar-refractivity contribution in [2.75, 3.05) is 36.8 Å². The van der Waals surface area contributed by atoms with Crippen LogP contribution in [0.2, 0.25) is 10.0 Å². The van der Waals surface area contributed by atoms with E-state index in [-0.39, 0.29) is 35.8 Å². The van der Waals surface area contributed by atoms with Gasteiger partial charge in [0.25, 0.3) is 0 Å². The minimum Gasteiger partial charge on any atom is -0.370 e. The van der Waals surface area contributed by atoms with Gasteiger partial charge in [-0.05, 0) is 74.2 Å². The number of nitrogens with two attached hydrogens (primary N) is 6. The summed E-state index contributed by atoms with van der Waals surface area (Å²) in [7, 11) is 0. The van der Waals surface area contributed by atoms with Crippen LogP contribution in [0.5, 0.6) is 0 Å². The molecule has 47 heavy (non-hydrogen) atoms. The Morgan fingerprint density at radius 2 is 0.766 bits per heavy atom. The van der Waals surface area contributed by atoms with Gasteiger partial charge < -0.3 is 45.0 Å². The molecule has 15 N–H and O–H groups in total. The van der Waals surface area contributed by atoms with Crippen molar-refractivity contribution in [2.24, 2.45) is 64.4 Å². The number of nitrogens with zero attached hydrogens (tertiary/aromatic N) is 6. The SMILES string of the molecule is NC(=NCCCCCCN=C(N)NC(N)=NCCCCCCN=C(N)N=C(N)Nc1ccc(Cl)cc1)N=C(N)Nc1ccc(Cl)cc1. The Labute approximate surface area is 286 Å². The van der Waals surface area contributed by atoms with E-state index in [9.17, 15) is 0 Å². The average molecular weight is 689 g/mol. The highest BCUT2D eigenvalue weighted by atomic mass is 35.5. The third-order valence-electron chi connectivity index (χ3n) is 6.20. The molecule has 0 unspecified atom stereocenters. The zero-order valence-electron chi connectivity index (χ0n) is 26.5. The predicted octanol–water partition coefficient (Wildman–Crippen LogP) is 3.12. The van der Waals surface area contributed by atoms with Gasteiger partial charge in [0.2, 0.25) is 23.8 Å². The molecular formula is C30H47Cl2N15. The lowest BCUT2D eigenvalue weighted by atomic mass is 10.2. The zero-order valence-corrected chi connectivity index (χ0v) is 28.0. The van der Waals surface area contributed by atoms with E-state index in [0.717, 1.165) is 62.7 Å². The fourth-order valence-corrected chi connectivity index (χ4v) is 4.14. The summed E-state index contributed by atoms with van der Waals surface area (Å²) >= 11 is 11.7. The number of halogens is 2. The molecule has 0 aliphatic heterocycles. The maximum absolute atomic E-state index is 5.91. The van der Waals surface area contributed by atoms with Crippen molar-refractivity contribution in [1.82, 2.24) is 5.32 Å². The minimum absolute atomic E-state index is 0.121. The molecule has 2 rings (SSSR count). The van der Waals surface area contributed by atoms with Gasteiger partial charge in [-0.15, -0.1) is 0 Å². The Balaban J connectivity index is 1.49. The molecule has 15 nitrogen and oxygen atoms in total. The summed E-state index contributed by atoms with van der Waals surface area (Å²) in [6.07, 6.45) is 7.38. The molecule has 0 saturated carbocycles. The number of rotatable bonds is 16. The van der Waals surface area contributed by atoms with Crippen LogP contribution in [-0.4, -0.2) is 61.9 Å². The van der Waals surface area contributed by atoms with Crippen LogP contribution < -0.4 is 50.4 Å². The molecule has 256 valence electrons. The lowest BCUT2D eigenvalue weighted by molar-refractivity contribution is 0.652. The van der Waals surface area contributed by atoms with Gasteiger partial charge in [-0.3, -0.25) is 25.3 Å². The van der Waals surface area contributed by atoms with Crippen LogP contribution in [0.1, 0.15) is 51.4 Å². The summed E-state index contributed by atoms with van der Waals surface area (Å²) in [6.45, 7) is 2.28. The van der Waals surface area contributed by atoms with Crippen LogP contribution in [-0.2, 0) is 0 Å². The molecule has 0 aliphatic carbocycles. The van der Waals surface area contributed by atoms with E-state index in [2.05, 4.69) is 45.9 Å². The molecule has 0 fully saturated rings. The van der Waals surface area contributed by atoms with Gasteiger partial charge in [0.15, 0.2) is 11.9 Å². The number of hydrogen-bond donors (Lipinski definition) is 9. The molecule has 0 bridgehead atoms. The highest BCUT2D eigenvalue weighted by molar-refractivity contribution is 6.31. The molecule has 0 aliphatic rings. The maximum Gasteiger partial charge on any atom is 0.218 e. The van der Waals surface area contributed by atoms with Crippen LogP contribution in [0.15, 0.2) is 78.5 Å². The van der Waals surface area contributed by atoms with E-state index in [0.29, 0.717) is 36.2 Å². The van der Waals surface area contributed by atoms with E-state index in [1.54, 1.807) is 48.5 Å². The van der Waals surface area contributed by atoms with Gasteiger partial charge in [-0.25, -0.2) is 0 Å². The molecule has 17 heteroatoms. The molecule has 2 aromatic rings. The van der Waals surface area contributed by atoms with Crippen LogP contribution in [0.3, 0.4) is 0 Å². The normalized spacial score (nSPS) is 13.5. The topological polar surface area (TPSA) is 266 Å². The molecule has 0 aromatic heterocycles. The fraction of sp³-hybridized carbons (Fsp3) is 0.400. The summed E-state index contributed by atoms with van der Waals surface area (Å²) in [5.41, 5.74) is 36.7. The number of aliphatic imine (C=N–C) groups is 6. The number of nitrogens with one attached hydrogen (secondary N) is 3. The third-order valence-corrected chi connectivity index (χ3v) is 6.71. The Kier molecular flexibility index (Phi) is 18.6. The first kappa shape index (κ1) is 38.4. The number of guanidine groups is 6. The van der Waals surface area contributed by atoms with Crippen molar-refractivity contribution in [1.29, 1.82) is 0 Å². The van der Waals surface area contributed by atoms with E-state index < -0.39 is 0 Å². The highest BCUT2D eigenvalue weighted by Crippen LogP contribution is 2.14. The van der Waals surface area contributed by atoms with Gasteiger partial charge in [0.05, 0.1) is 0 Å². The second-order valence-corrected chi connectivity index (χ2v) is 11.1. The molecule has 0 heterocycles. The van der Waals surface area contributed by atoms with Crippen molar-refractivity contribution in [3.63, 3.8) is 0 Å². The largest absolute Gasteiger partial charge is 0.370 e. The predicted molar refractivity (Wildman–Crippen MR) is 199 cm³/mol. The monoisotopic (exact) mass is 687 g/mol. The van der Waals surface area contributed by atoms with Crippen LogP contribution in [0.25, 0.3) is 0 Å². The highest BCUT2D eigenvalue weighted by Gasteiger charge is 2.00. The van der Waals surface area contributed by atoms with Crippen molar-refractivity contribution in [3.8, 4) is 0 Å². The summed E-state index contributed by atoms with van der Waals surface area (Å²) in [5, 5.41) is 9.94. The molecular weight excluding hydrogens is 641 g/mol. The quantitative estimate of drug-likeness (QED) is 0.0711. The average Bonchev–Trinajstić information content (AvgIpc) is 3.02. The van der Waals surface area contributed by atoms with E-state index in [4.69, 9.17) is 57.6 Å². The smallest absolute Gasteiger partial charge is 0.218 e. The fourth-order valence-electron chi connectivity index (χ4n) is 3.89. The second-order valence-electron chi connectivity index (χ2n) is 10.2. The Morgan fingerprint density at radius 1 is 0.447 bits per heavy atom. The molecule has 0 atom stereocenters. The summed E-state index contributed by atoms with van der Waals surface area (Å²) in [4.78, 5) is 25.2. The number of hydrogen-bond acceptors (Lipinski definition) is 4. The van der Waals surface area contributed by atoms with E-state index in [1.807, 2.05) is 0 Å². The zero-order chi connectivity index (χ0) is 34.3. The van der Waals surface area contributed by atoms with Gasteiger partial charge in [0, 0.05) is 47.6 Å². The standard InChI is InChI=1S/C30H47Cl2N15/c31-21-9-13-23(14-10-21)43-29(37)46-27(35)41-19-7-3-1-5-17-39-25(33)45-26(34)40-18-6-2-4-8-20-42-28(36)47-30(38)44-24-15-11-22(32)12-16-24/h9-16H,1-8,17-20H2,(H5,33,34,39,40,45)(H5,35,37,41,43,46)(H5,36,38,42,44,47). The third kappa shape index (κ3) is 19.4. The van der Waals surface area contributed by atoms with Crippen LogP contribution >= 0.6 is 23.2 Å². The summed E-state index contributed by atoms with van der Waals surface area (Å²) in [5.74, 6) is 1.04. The van der Waals surface area contributed by atoms with Crippen molar-refractivity contribution in [2.45, 2.75) is 51.4 Å². The minimum atomic E-state index is 0.121. The van der Waals surface area contributed by atoms with Gasteiger partial charge >= 0.3 is 0 Å². The summed E-state index contributed by atoms with van der Waals surface area (Å²) < 4.78 is 0. The van der Waals surface area contributed by atoms with Gasteiger partial charge in [-0.2, -0.15) is 9.98 Å². The first-order valence-electron chi connectivity index (χ1n) is 15.3. The summed E-state index contributed by atoms with van der Waals surface area (Å²) in [6, 6.07) is 14.1. The number of anilines is 2. The van der Waals surface area contributed by atoms with E-state index in [1.165, 1.54) is 0 Å².